The Kier molecular flexibility index (Phi) is 3.74. The van der Waals surface area contributed by atoms with Crippen molar-refractivity contribution in [1.29, 1.82) is 0 Å². The molecule has 1 aliphatic heterocycles. The molecule has 1 aromatic rings. The molecule has 0 atom stereocenters. The van der Waals surface area contributed by atoms with Crippen molar-refractivity contribution in [1.82, 2.24) is 4.98 Å². The van der Waals surface area contributed by atoms with Crippen molar-refractivity contribution in [3.8, 4) is 0 Å². The van der Waals surface area contributed by atoms with Crippen LogP contribution in [-0.4, -0.2) is 31.3 Å². The van der Waals surface area contributed by atoms with Crippen molar-refractivity contribution in [3.05, 3.63) is 23.9 Å². The van der Waals surface area contributed by atoms with E-state index >= 15 is 0 Å². The number of anilines is 1. The van der Waals surface area contributed by atoms with Crippen LogP contribution in [0.15, 0.2) is 18.3 Å². The van der Waals surface area contributed by atoms with E-state index in [1.54, 1.807) is 0 Å². The first kappa shape index (κ1) is 11.4. The monoisotopic (exact) mass is 221 g/mol. The van der Waals surface area contributed by atoms with Crippen molar-refractivity contribution in [2.45, 2.75) is 25.4 Å². The quantitative estimate of drug-likeness (QED) is 0.832. The summed E-state index contributed by atoms with van der Waals surface area (Å²) in [5.41, 5.74) is 6.83. The van der Waals surface area contributed by atoms with Crippen LogP contribution in [0, 0.1) is 0 Å². The maximum Gasteiger partial charge on any atom is 0.132 e. The van der Waals surface area contributed by atoms with Crippen LogP contribution in [0.25, 0.3) is 0 Å². The van der Waals surface area contributed by atoms with E-state index in [0.717, 1.165) is 37.4 Å². The minimum absolute atomic E-state index is 0.522. The molecule has 16 heavy (non-hydrogen) atoms. The van der Waals surface area contributed by atoms with E-state index in [1.807, 2.05) is 18.3 Å². The van der Waals surface area contributed by atoms with Gasteiger partial charge in [-0.2, -0.15) is 0 Å². The number of aromatic nitrogens is 1. The second-order valence-electron chi connectivity index (χ2n) is 4.14. The lowest BCUT2D eigenvalue weighted by Crippen LogP contribution is -2.37. The van der Waals surface area contributed by atoms with Crippen LogP contribution in [0.1, 0.15) is 18.4 Å². The third kappa shape index (κ3) is 2.33. The first-order valence-corrected chi connectivity index (χ1v) is 5.77. The molecule has 0 saturated carbocycles. The summed E-state index contributed by atoms with van der Waals surface area (Å²) in [6, 6.07) is 4.50. The number of nitrogens with two attached hydrogens (primary N) is 1. The van der Waals surface area contributed by atoms with Crippen molar-refractivity contribution in [2.24, 2.45) is 5.73 Å². The van der Waals surface area contributed by atoms with Crippen LogP contribution in [0.5, 0.6) is 0 Å². The average Bonchev–Trinajstić information content (AvgIpc) is 2.39. The summed E-state index contributed by atoms with van der Waals surface area (Å²) in [6.45, 7) is 2.23. The minimum Gasteiger partial charge on any atom is -0.381 e. The van der Waals surface area contributed by atoms with E-state index in [1.165, 1.54) is 0 Å². The third-order valence-corrected chi connectivity index (χ3v) is 3.16. The highest BCUT2D eigenvalue weighted by molar-refractivity contribution is 5.46. The van der Waals surface area contributed by atoms with Gasteiger partial charge in [-0.05, 0) is 18.9 Å². The first-order chi connectivity index (χ1) is 7.83. The SMILES string of the molecule is CN(c1ncccc1CN)C1CCOCC1. The van der Waals surface area contributed by atoms with E-state index in [2.05, 4.69) is 16.9 Å². The summed E-state index contributed by atoms with van der Waals surface area (Å²) < 4.78 is 5.37. The normalized spacial score (nSPS) is 17.4. The Morgan fingerprint density at radius 3 is 2.94 bits per heavy atom. The molecule has 1 aliphatic rings. The van der Waals surface area contributed by atoms with E-state index in [-0.39, 0.29) is 0 Å². The van der Waals surface area contributed by atoms with Gasteiger partial charge in [-0.3, -0.25) is 0 Å². The predicted molar refractivity (Wildman–Crippen MR) is 64.4 cm³/mol. The summed E-state index contributed by atoms with van der Waals surface area (Å²) in [5, 5.41) is 0. The molecule has 2 N–H and O–H groups in total. The molecule has 88 valence electrons. The third-order valence-electron chi connectivity index (χ3n) is 3.16. The van der Waals surface area contributed by atoms with Crippen LogP contribution in [-0.2, 0) is 11.3 Å². The van der Waals surface area contributed by atoms with Gasteiger partial charge in [0.15, 0.2) is 0 Å². The van der Waals surface area contributed by atoms with Crippen molar-refractivity contribution in [2.75, 3.05) is 25.2 Å². The van der Waals surface area contributed by atoms with Gasteiger partial charge in [-0.25, -0.2) is 4.98 Å². The standard InChI is InChI=1S/C12H19N3O/c1-15(11-4-7-16-8-5-11)12-10(9-13)3-2-6-14-12/h2-3,6,11H,4-5,7-9,13H2,1H3. The Morgan fingerprint density at radius 1 is 1.50 bits per heavy atom. The maximum atomic E-state index is 5.73. The molecule has 0 unspecified atom stereocenters. The number of rotatable bonds is 3. The van der Waals surface area contributed by atoms with Gasteiger partial charge in [0.1, 0.15) is 5.82 Å². The molecule has 0 aliphatic carbocycles. The molecule has 0 aromatic carbocycles. The molecule has 1 aromatic heterocycles. The molecule has 0 spiro atoms. The lowest BCUT2D eigenvalue weighted by atomic mass is 10.1. The van der Waals surface area contributed by atoms with Crippen molar-refractivity contribution >= 4 is 5.82 Å². The zero-order chi connectivity index (χ0) is 11.4. The van der Waals surface area contributed by atoms with Gasteiger partial charge >= 0.3 is 0 Å². The minimum atomic E-state index is 0.522. The number of hydrogen-bond acceptors (Lipinski definition) is 4. The summed E-state index contributed by atoms with van der Waals surface area (Å²) in [4.78, 5) is 6.67. The Labute approximate surface area is 96.4 Å². The molecular weight excluding hydrogens is 202 g/mol. The Hall–Kier alpha value is -1.13. The Bertz CT molecular complexity index is 337. The molecule has 2 heterocycles. The van der Waals surface area contributed by atoms with Gasteiger partial charge in [0, 0.05) is 44.6 Å². The Morgan fingerprint density at radius 2 is 2.25 bits per heavy atom. The molecule has 1 fully saturated rings. The van der Waals surface area contributed by atoms with E-state index in [9.17, 15) is 0 Å². The number of nitrogens with zero attached hydrogens (tertiary/aromatic N) is 2. The lowest BCUT2D eigenvalue weighted by molar-refractivity contribution is 0.0853. The molecular formula is C12H19N3O. The fourth-order valence-electron chi connectivity index (χ4n) is 2.15. The maximum absolute atomic E-state index is 5.73. The number of ether oxygens (including phenoxy) is 1. The Balaban J connectivity index is 2.15. The van der Waals surface area contributed by atoms with E-state index < -0.39 is 0 Å². The van der Waals surface area contributed by atoms with E-state index in [0.29, 0.717) is 12.6 Å². The average molecular weight is 221 g/mol. The van der Waals surface area contributed by atoms with Crippen molar-refractivity contribution < 1.29 is 4.74 Å². The first-order valence-electron chi connectivity index (χ1n) is 5.77. The van der Waals surface area contributed by atoms with Gasteiger partial charge in [0.2, 0.25) is 0 Å². The van der Waals surface area contributed by atoms with Crippen LogP contribution in [0.2, 0.25) is 0 Å². The summed E-state index contributed by atoms with van der Waals surface area (Å²) in [5.74, 6) is 1.01. The zero-order valence-electron chi connectivity index (χ0n) is 9.72. The molecule has 0 amide bonds. The summed E-state index contributed by atoms with van der Waals surface area (Å²) in [7, 11) is 2.09. The largest absolute Gasteiger partial charge is 0.381 e. The predicted octanol–water partition coefficient (Wildman–Crippen LogP) is 1.16. The lowest BCUT2D eigenvalue weighted by Gasteiger charge is -2.33. The van der Waals surface area contributed by atoms with Gasteiger partial charge in [0.25, 0.3) is 0 Å². The fourth-order valence-corrected chi connectivity index (χ4v) is 2.15. The summed E-state index contributed by atoms with van der Waals surface area (Å²) in [6.07, 6.45) is 3.96. The second kappa shape index (κ2) is 5.27. The van der Waals surface area contributed by atoms with Crippen molar-refractivity contribution in [3.63, 3.8) is 0 Å². The zero-order valence-corrected chi connectivity index (χ0v) is 9.72. The number of pyridine rings is 1. The fraction of sp³-hybridized carbons (Fsp3) is 0.583. The van der Waals surface area contributed by atoms with Crippen LogP contribution in [0.4, 0.5) is 5.82 Å². The second-order valence-corrected chi connectivity index (χ2v) is 4.14. The molecule has 0 radical (unpaired) electrons. The summed E-state index contributed by atoms with van der Waals surface area (Å²) >= 11 is 0. The molecule has 4 nitrogen and oxygen atoms in total. The highest BCUT2D eigenvalue weighted by Gasteiger charge is 2.20. The molecule has 1 saturated heterocycles. The van der Waals surface area contributed by atoms with Crippen LogP contribution >= 0.6 is 0 Å². The molecule has 4 heteroatoms. The van der Waals surface area contributed by atoms with Gasteiger partial charge in [0.05, 0.1) is 0 Å². The van der Waals surface area contributed by atoms with Gasteiger partial charge < -0.3 is 15.4 Å². The van der Waals surface area contributed by atoms with E-state index in [4.69, 9.17) is 10.5 Å². The van der Waals surface area contributed by atoms with Gasteiger partial charge in [-0.1, -0.05) is 6.07 Å². The number of hydrogen-bond donors (Lipinski definition) is 1. The van der Waals surface area contributed by atoms with Gasteiger partial charge in [-0.15, -0.1) is 0 Å². The van der Waals surface area contributed by atoms with Crippen LogP contribution in [0.3, 0.4) is 0 Å². The van der Waals surface area contributed by atoms with Crippen LogP contribution < -0.4 is 10.6 Å². The molecule has 2 rings (SSSR count). The molecule has 0 bridgehead atoms. The topological polar surface area (TPSA) is 51.4 Å². The smallest absolute Gasteiger partial charge is 0.132 e. The highest BCUT2D eigenvalue weighted by atomic mass is 16.5. The highest BCUT2D eigenvalue weighted by Crippen LogP contribution is 2.22.